The fraction of sp³-hybridized carbons (Fsp3) is 0.429. The highest BCUT2D eigenvalue weighted by Crippen LogP contribution is 2.28. The molecule has 1 saturated heterocycles. The molecule has 0 amide bonds. The normalized spacial score (nSPS) is 16.1. The lowest BCUT2D eigenvalue weighted by Crippen LogP contribution is -2.18. The van der Waals surface area contributed by atoms with Gasteiger partial charge in [0.15, 0.2) is 10.8 Å². The Kier molecular flexibility index (Phi) is 4.47. The summed E-state index contributed by atoms with van der Waals surface area (Å²) in [6, 6.07) is 2.90. The van der Waals surface area contributed by atoms with Gasteiger partial charge in [0.1, 0.15) is 4.92 Å². The highest BCUT2D eigenvalue weighted by atomic mass is 32.1. The standard InChI is InChI=1S/C14H16N4O3S/c19-18(20)13-6-5-12(21-13)14-16-11(10-22-14)9-15-17-7-3-1-2-4-8-17/h5-6,9-10H,1-4,7-8H2/b15-9+. The molecule has 8 heteroatoms. The molecule has 0 aliphatic carbocycles. The minimum absolute atomic E-state index is 0.273. The lowest BCUT2D eigenvalue weighted by atomic mass is 10.2. The minimum Gasteiger partial charge on any atom is -0.398 e. The third kappa shape index (κ3) is 3.51. The molecular formula is C14H16N4O3S. The second kappa shape index (κ2) is 6.69. The molecule has 1 fully saturated rings. The average Bonchev–Trinajstić information content (AvgIpc) is 3.09. The smallest absolute Gasteiger partial charge is 0.398 e. The Morgan fingerprint density at radius 2 is 2.09 bits per heavy atom. The van der Waals surface area contributed by atoms with Crippen molar-refractivity contribution in [2.75, 3.05) is 13.1 Å². The summed E-state index contributed by atoms with van der Waals surface area (Å²) in [5.74, 6) is 0.135. The fourth-order valence-electron chi connectivity index (χ4n) is 2.31. The molecule has 0 N–H and O–H groups in total. The first-order valence-corrected chi connectivity index (χ1v) is 8.09. The Balaban J connectivity index is 1.68. The molecule has 0 unspecified atom stereocenters. The van der Waals surface area contributed by atoms with Gasteiger partial charge in [0, 0.05) is 18.5 Å². The van der Waals surface area contributed by atoms with Crippen LogP contribution in [0.1, 0.15) is 31.4 Å². The summed E-state index contributed by atoms with van der Waals surface area (Å²) in [5, 5.41) is 19.6. The Bertz CT molecular complexity index is 671. The van der Waals surface area contributed by atoms with Crippen LogP contribution in [0.15, 0.2) is 27.0 Å². The summed E-state index contributed by atoms with van der Waals surface area (Å²) in [5.41, 5.74) is 0.739. The van der Waals surface area contributed by atoms with Crippen molar-refractivity contribution >= 4 is 23.4 Å². The maximum absolute atomic E-state index is 10.6. The predicted octanol–water partition coefficient (Wildman–Crippen LogP) is 3.52. The van der Waals surface area contributed by atoms with Crippen molar-refractivity contribution in [2.45, 2.75) is 25.7 Å². The van der Waals surface area contributed by atoms with Crippen LogP contribution in [0.3, 0.4) is 0 Å². The van der Waals surface area contributed by atoms with Gasteiger partial charge in [-0.1, -0.05) is 12.8 Å². The van der Waals surface area contributed by atoms with Crippen LogP contribution in [0.5, 0.6) is 0 Å². The number of thiazole rings is 1. The van der Waals surface area contributed by atoms with E-state index in [1.807, 2.05) is 5.38 Å². The largest absolute Gasteiger partial charge is 0.433 e. The van der Waals surface area contributed by atoms with E-state index in [2.05, 4.69) is 15.1 Å². The molecule has 22 heavy (non-hydrogen) atoms. The second-order valence-electron chi connectivity index (χ2n) is 5.08. The van der Waals surface area contributed by atoms with E-state index < -0.39 is 4.92 Å². The number of rotatable bonds is 4. The van der Waals surface area contributed by atoms with Crippen LogP contribution in [0.4, 0.5) is 5.88 Å². The van der Waals surface area contributed by atoms with Crippen molar-refractivity contribution in [1.29, 1.82) is 0 Å². The van der Waals surface area contributed by atoms with Gasteiger partial charge in [-0.15, -0.1) is 11.3 Å². The van der Waals surface area contributed by atoms with E-state index in [1.54, 1.807) is 12.3 Å². The van der Waals surface area contributed by atoms with E-state index in [1.165, 1.54) is 43.1 Å². The van der Waals surface area contributed by atoms with Gasteiger partial charge in [-0.3, -0.25) is 15.1 Å². The monoisotopic (exact) mass is 320 g/mol. The molecule has 3 rings (SSSR count). The third-order valence-electron chi connectivity index (χ3n) is 3.44. The molecular weight excluding hydrogens is 304 g/mol. The Morgan fingerprint density at radius 1 is 1.32 bits per heavy atom. The first-order chi connectivity index (χ1) is 10.7. The summed E-state index contributed by atoms with van der Waals surface area (Å²) in [4.78, 5) is 14.5. The van der Waals surface area contributed by atoms with Crippen LogP contribution < -0.4 is 0 Å². The van der Waals surface area contributed by atoms with E-state index in [9.17, 15) is 10.1 Å². The van der Waals surface area contributed by atoms with Crippen LogP contribution in [-0.2, 0) is 0 Å². The van der Waals surface area contributed by atoms with Crippen LogP contribution >= 0.6 is 11.3 Å². The molecule has 0 saturated carbocycles. The molecule has 0 spiro atoms. The van der Waals surface area contributed by atoms with Gasteiger partial charge >= 0.3 is 5.88 Å². The Hall–Kier alpha value is -2.22. The van der Waals surface area contributed by atoms with Gasteiger partial charge in [-0.25, -0.2) is 4.98 Å². The minimum atomic E-state index is -0.557. The molecule has 1 aliphatic rings. The Morgan fingerprint density at radius 3 is 2.77 bits per heavy atom. The first kappa shape index (κ1) is 14.7. The number of furan rings is 1. The van der Waals surface area contributed by atoms with Crippen LogP contribution in [0, 0.1) is 10.1 Å². The van der Waals surface area contributed by atoms with Gasteiger partial charge in [0.05, 0.1) is 18.0 Å². The van der Waals surface area contributed by atoms with Gasteiger partial charge < -0.3 is 4.42 Å². The molecule has 1 aliphatic heterocycles. The summed E-state index contributed by atoms with van der Waals surface area (Å²) < 4.78 is 5.15. The number of nitrogens with zero attached hydrogens (tertiary/aromatic N) is 4. The number of nitro groups is 1. The van der Waals surface area contributed by atoms with E-state index in [0.29, 0.717) is 10.8 Å². The maximum atomic E-state index is 10.6. The van der Waals surface area contributed by atoms with Gasteiger partial charge in [0.2, 0.25) is 0 Å². The molecule has 2 aromatic heterocycles. The molecule has 0 radical (unpaired) electrons. The van der Waals surface area contributed by atoms with Crippen LogP contribution in [0.25, 0.3) is 10.8 Å². The van der Waals surface area contributed by atoms with Gasteiger partial charge in [0.25, 0.3) is 0 Å². The van der Waals surface area contributed by atoms with Crippen molar-refractivity contribution < 1.29 is 9.34 Å². The van der Waals surface area contributed by atoms with E-state index in [0.717, 1.165) is 18.8 Å². The highest BCUT2D eigenvalue weighted by Gasteiger charge is 2.15. The SMILES string of the molecule is O=[N+]([O-])c1ccc(-c2nc(/C=N/N3CCCCCC3)cs2)o1. The number of aromatic nitrogens is 1. The fourth-order valence-corrected chi connectivity index (χ4v) is 3.04. The molecule has 2 aromatic rings. The molecule has 0 aromatic carbocycles. The molecule has 0 atom stereocenters. The molecule has 7 nitrogen and oxygen atoms in total. The third-order valence-corrected chi connectivity index (χ3v) is 4.32. The van der Waals surface area contributed by atoms with Crippen molar-refractivity contribution in [3.8, 4) is 10.8 Å². The van der Waals surface area contributed by atoms with E-state index in [-0.39, 0.29) is 5.88 Å². The van der Waals surface area contributed by atoms with Crippen LogP contribution in [0.2, 0.25) is 0 Å². The van der Waals surface area contributed by atoms with E-state index in [4.69, 9.17) is 4.42 Å². The zero-order valence-electron chi connectivity index (χ0n) is 12.0. The number of hydrazone groups is 1. The highest BCUT2D eigenvalue weighted by molar-refractivity contribution is 7.13. The Labute approximate surface area is 131 Å². The summed E-state index contributed by atoms with van der Waals surface area (Å²) in [7, 11) is 0. The first-order valence-electron chi connectivity index (χ1n) is 7.21. The lowest BCUT2D eigenvalue weighted by Gasteiger charge is -2.14. The van der Waals surface area contributed by atoms with Gasteiger partial charge in [-0.2, -0.15) is 5.10 Å². The molecule has 0 bridgehead atoms. The van der Waals surface area contributed by atoms with Crippen molar-refractivity contribution in [3.05, 3.63) is 33.3 Å². The second-order valence-corrected chi connectivity index (χ2v) is 5.94. The zero-order valence-corrected chi connectivity index (χ0v) is 12.8. The topological polar surface area (TPSA) is 84.8 Å². The number of hydrogen-bond acceptors (Lipinski definition) is 7. The van der Waals surface area contributed by atoms with Crippen molar-refractivity contribution in [3.63, 3.8) is 0 Å². The molecule has 116 valence electrons. The molecule has 3 heterocycles. The number of hydrogen-bond donors (Lipinski definition) is 0. The van der Waals surface area contributed by atoms with Crippen LogP contribution in [-0.4, -0.2) is 34.2 Å². The van der Waals surface area contributed by atoms with Crippen molar-refractivity contribution in [2.24, 2.45) is 5.10 Å². The lowest BCUT2D eigenvalue weighted by molar-refractivity contribution is -0.401. The maximum Gasteiger partial charge on any atom is 0.433 e. The average molecular weight is 320 g/mol. The summed E-state index contributed by atoms with van der Waals surface area (Å²) >= 11 is 1.38. The summed E-state index contributed by atoms with van der Waals surface area (Å²) in [6.45, 7) is 1.97. The summed E-state index contributed by atoms with van der Waals surface area (Å²) in [6.07, 6.45) is 6.63. The zero-order chi connectivity index (χ0) is 15.4. The van der Waals surface area contributed by atoms with E-state index >= 15 is 0 Å². The predicted molar refractivity (Wildman–Crippen MR) is 84.1 cm³/mol. The van der Waals surface area contributed by atoms with Crippen molar-refractivity contribution in [1.82, 2.24) is 9.99 Å². The van der Waals surface area contributed by atoms with Gasteiger partial charge in [-0.05, 0) is 18.9 Å². The quantitative estimate of drug-likeness (QED) is 0.489.